The Kier molecular flexibility index (Phi) is 9.65. The number of fused-ring (bicyclic) bond motifs is 1. The van der Waals surface area contributed by atoms with Crippen molar-refractivity contribution in [2.75, 3.05) is 57.0 Å². The Morgan fingerprint density at radius 3 is 2.59 bits per heavy atom. The third-order valence-electron chi connectivity index (χ3n) is 6.58. The van der Waals surface area contributed by atoms with Gasteiger partial charge in [0.1, 0.15) is 11.8 Å². The molecule has 0 saturated carbocycles. The number of rotatable bonds is 9. The number of halogens is 2. The summed E-state index contributed by atoms with van der Waals surface area (Å²) in [4.78, 5) is 22.2. The van der Waals surface area contributed by atoms with Crippen molar-refractivity contribution in [2.24, 2.45) is 0 Å². The molecule has 0 aliphatic carbocycles. The van der Waals surface area contributed by atoms with Crippen molar-refractivity contribution in [2.45, 2.75) is 20.3 Å². The van der Waals surface area contributed by atoms with Crippen LogP contribution in [0.2, 0.25) is 10.0 Å². The molecular weight excluding hydrogens is 535 g/mol. The molecule has 0 spiro atoms. The van der Waals surface area contributed by atoms with Gasteiger partial charge in [-0.2, -0.15) is 5.26 Å². The Bertz CT molecular complexity index is 1430. The van der Waals surface area contributed by atoms with Crippen LogP contribution in [0.5, 0.6) is 5.75 Å². The minimum Gasteiger partial charge on any atom is -0.492 e. The number of nitrogens with one attached hydrogen (secondary N) is 2. The molecule has 2 N–H and O–H groups in total. The Morgan fingerprint density at radius 1 is 1.15 bits per heavy atom. The Morgan fingerprint density at radius 2 is 1.92 bits per heavy atom. The number of amides is 1. The molecular formula is C29H32Cl2N6O2. The summed E-state index contributed by atoms with van der Waals surface area (Å²) in [7, 11) is 2.11. The van der Waals surface area contributed by atoms with Gasteiger partial charge in [-0.1, -0.05) is 36.2 Å². The van der Waals surface area contributed by atoms with E-state index in [2.05, 4.69) is 33.6 Å². The molecule has 10 heteroatoms. The van der Waals surface area contributed by atoms with Crippen molar-refractivity contribution in [3.8, 4) is 11.8 Å². The molecule has 1 aliphatic rings. The predicted molar refractivity (Wildman–Crippen MR) is 158 cm³/mol. The second-order valence-electron chi connectivity index (χ2n) is 9.32. The van der Waals surface area contributed by atoms with Crippen LogP contribution in [0, 0.1) is 11.3 Å². The number of aromatic nitrogens is 1. The molecule has 204 valence electrons. The van der Waals surface area contributed by atoms with Crippen LogP contribution in [0.1, 0.15) is 25.1 Å². The first-order valence-electron chi connectivity index (χ1n) is 13.0. The van der Waals surface area contributed by atoms with E-state index in [4.69, 9.17) is 32.9 Å². The highest BCUT2D eigenvalue weighted by atomic mass is 35.5. The highest BCUT2D eigenvalue weighted by molar-refractivity contribution is 6.42. The zero-order valence-corrected chi connectivity index (χ0v) is 23.9. The Hall–Kier alpha value is -3.35. The Labute approximate surface area is 239 Å². The molecule has 3 aromatic rings. The number of hydrogen-bond donors (Lipinski definition) is 2. The van der Waals surface area contributed by atoms with Crippen molar-refractivity contribution in [1.82, 2.24) is 14.8 Å². The van der Waals surface area contributed by atoms with E-state index in [1.54, 1.807) is 36.4 Å². The summed E-state index contributed by atoms with van der Waals surface area (Å²) in [5, 5.41) is 17.8. The van der Waals surface area contributed by atoms with Gasteiger partial charge < -0.3 is 20.3 Å². The van der Waals surface area contributed by atoms with E-state index in [0.717, 1.165) is 26.2 Å². The lowest BCUT2D eigenvalue weighted by atomic mass is 10.0. The zero-order chi connectivity index (χ0) is 27.9. The largest absolute Gasteiger partial charge is 0.492 e. The van der Waals surface area contributed by atoms with Gasteiger partial charge in [-0.05, 0) is 44.7 Å². The van der Waals surface area contributed by atoms with Crippen molar-refractivity contribution in [3.63, 3.8) is 0 Å². The molecule has 1 amide bonds. The van der Waals surface area contributed by atoms with Crippen LogP contribution in [-0.4, -0.2) is 67.1 Å². The first-order chi connectivity index (χ1) is 18.8. The lowest BCUT2D eigenvalue weighted by molar-refractivity contribution is -0.111. The van der Waals surface area contributed by atoms with Crippen LogP contribution in [0.25, 0.3) is 10.9 Å². The molecule has 1 fully saturated rings. The molecule has 0 bridgehead atoms. The molecule has 39 heavy (non-hydrogen) atoms. The van der Waals surface area contributed by atoms with Crippen LogP contribution >= 0.6 is 23.2 Å². The fraction of sp³-hybridized carbons (Fsp3) is 0.345. The van der Waals surface area contributed by atoms with Crippen LogP contribution in [0.4, 0.5) is 17.1 Å². The van der Waals surface area contributed by atoms with Crippen LogP contribution in [0.3, 0.4) is 0 Å². The minimum absolute atomic E-state index is 0.262. The SMILES string of the molecule is CCOc1cc2nc(CC)c(C#N)c(Nc3ccc(Cl)c(Cl)c3)c2cc1NC(=O)/C=C/CN1CCN(C)CC1. The standard InChI is InChI=1S/C29H32Cl2N6O2/c1-4-24-21(18-32)29(33-19-8-9-22(30)23(31)15-19)20-16-26(27(39-5-2)17-25(20)34-24)35-28(38)7-6-10-37-13-11-36(3)12-14-37/h6-9,15-17H,4-5,10-14H2,1-3H3,(H,33,34)(H,35,38)/b7-6+. The average Bonchev–Trinajstić information content (AvgIpc) is 2.92. The second kappa shape index (κ2) is 13.1. The highest BCUT2D eigenvalue weighted by Gasteiger charge is 2.19. The molecule has 0 radical (unpaired) electrons. The van der Waals surface area contributed by atoms with Gasteiger partial charge in [0.25, 0.3) is 0 Å². The second-order valence-corrected chi connectivity index (χ2v) is 10.1. The summed E-state index contributed by atoms with van der Waals surface area (Å²) in [6.45, 7) is 8.95. The molecule has 1 aliphatic heterocycles. The number of carbonyl (C=O) groups excluding carboxylic acids is 1. The molecule has 1 aromatic heterocycles. The number of benzene rings is 2. The quantitative estimate of drug-likeness (QED) is 0.313. The molecule has 0 unspecified atom stereocenters. The summed E-state index contributed by atoms with van der Waals surface area (Å²) in [5.74, 6) is 0.243. The topological polar surface area (TPSA) is 93.5 Å². The van der Waals surface area contributed by atoms with Gasteiger partial charge in [0.2, 0.25) is 5.91 Å². The van der Waals surface area contributed by atoms with Gasteiger partial charge in [-0.25, -0.2) is 0 Å². The fourth-order valence-electron chi connectivity index (χ4n) is 4.45. The molecule has 4 rings (SSSR count). The number of aryl methyl sites for hydroxylation is 1. The maximum atomic E-state index is 12.9. The van der Waals surface area contributed by atoms with E-state index in [-0.39, 0.29) is 5.91 Å². The van der Waals surface area contributed by atoms with Gasteiger partial charge >= 0.3 is 0 Å². The van der Waals surface area contributed by atoms with E-state index in [0.29, 0.717) is 74.6 Å². The number of piperazine rings is 1. The van der Waals surface area contributed by atoms with Crippen LogP contribution in [-0.2, 0) is 11.2 Å². The van der Waals surface area contributed by atoms with Crippen LogP contribution < -0.4 is 15.4 Å². The number of nitriles is 1. The van der Waals surface area contributed by atoms with Gasteiger partial charge in [0.15, 0.2) is 0 Å². The highest BCUT2D eigenvalue weighted by Crippen LogP contribution is 2.38. The smallest absolute Gasteiger partial charge is 0.248 e. The number of carbonyl (C=O) groups is 1. The van der Waals surface area contributed by atoms with E-state index in [1.165, 1.54) is 0 Å². The first-order valence-corrected chi connectivity index (χ1v) is 13.7. The molecule has 0 atom stereocenters. The maximum Gasteiger partial charge on any atom is 0.248 e. The first kappa shape index (κ1) is 28.7. The summed E-state index contributed by atoms with van der Waals surface area (Å²) in [5.41, 5.74) is 3.44. The van der Waals surface area contributed by atoms with Gasteiger partial charge in [0.05, 0.1) is 44.8 Å². The zero-order valence-electron chi connectivity index (χ0n) is 22.4. The van der Waals surface area contributed by atoms with Gasteiger partial charge in [-0.3, -0.25) is 14.7 Å². The van der Waals surface area contributed by atoms with E-state index in [1.807, 2.05) is 19.9 Å². The normalized spacial score (nSPS) is 14.5. The van der Waals surface area contributed by atoms with Crippen molar-refractivity contribution in [3.05, 3.63) is 63.8 Å². The lowest BCUT2D eigenvalue weighted by Crippen LogP contribution is -2.44. The number of pyridine rings is 1. The predicted octanol–water partition coefficient (Wildman–Crippen LogP) is 5.86. The molecule has 2 aromatic carbocycles. The summed E-state index contributed by atoms with van der Waals surface area (Å²) < 4.78 is 5.86. The monoisotopic (exact) mass is 566 g/mol. The van der Waals surface area contributed by atoms with Gasteiger partial charge in [0, 0.05) is 55.9 Å². The summed E-state index contributed by atoms with van der Waals surface area (Å²) in [6, 6.07) is 11.1. The van der Waals surface area contributed by atoms with Gasteiger partial charge in [-0.15, -0.1) is 0 Å². The number of ether oxygens (including phenoxy) is 1. The Balaban J connectivity index is 1.69. The third kappa shape index (κ3) is 7.00. The van der Waals surface area contributed by atoms with Crippen molar-refractivity contribution < 1.29 is 9.53 Å². The summed E-state index contributed by atoms with van der Waals surface area (Å²) >= 11 is 12.3. The number of nitrogens with zero attached hydrogens (tertiary/aromatic N) is 4. The maximum absolute atomic E-state index is 12.9. The van der Waals surface area contributed by atoms with Crippen LogP contribution in [0.15, 0.2) is 42.5 Å². The molecule has 8 nitrogen and oxygen atoms in total. The average molecular weight is 568 g/mol. The van der Waals surface area contributed by atoms with E-state index >= 15 is 0 Å². The van der Waals surface area contributed by atoms with Crippen molar-refractivity contribution in [1.29, 1.82) is 5.26 Å². The molecule has 2 heterocycles. The minimum atomic E-state index is -0.262. The number of hydrogen-bond acceptors (Lipinski definition) is 7. The van der Waals surface area contributed by atoms with E-state index in [9.17, 15) is 10.1 Å². The number of anilines is 3. The lowest BCUT2D eigenvalue weighted by Gasteiger charge is -2.31. The number of likely N-dealkylation sites (N-methyl/N-ethyl adjacent to an activating group) is 1. The summed E-state index contributed by atoms with van der Waals surface area (Å²) in [6.07, 6.45) is 3.99. The fourth-order valence-corrected chi connectivity index (χ4v) is 4.75. The van der Waals surface area contributed by atoms with Crippen molar-refractivity contribution >= 4 is 57.1 Å². The van der Waals surface area contributed by atoms with E-state index < -0.39 is 0 Å². The molecule has 1 saturated heterocycles. The third-order valence-corrected chi connectivity index (χ3v) is 7.32.